The van der Waals surface area contributed by atoms with Gasteiger partial charge in [-0.25, -0.2) is 4.98 Å². The van der Waals surface area contributed by atoms with Gasteiger partial charge < -0.3 is 5.73 Å². The number of aryl methyl sites for hydroxylation is 1. The van der Waals surface area contributed by atoms with Crippen LogP contribution in [-0.2, 0) is 12.0 Å². The third-order valence-electron chi connectivity index (χ3n) is 2.79. The third-order valence-corrected chi connectivity index (χ3v) is 4.28. The number of rotatable bonds is 4. The van der Waals surface area contributed by atoms with Gasteiger partial charge in [0.05, 0.1) is 5.69 Å². The maximum Gasteiger partial charge on any atom is 0.123 e. The Kier molecular flexibility index (Phi) is 3.83. The van der Waals surface area contributed by atoms with Crippen LogP contribution in [0.4, 0.5) is 0 Å². The highest BCUT2D eigenvalue weighted by Gasteiger charge is 2.23. The first-order chi connectivity index (χ1) is 8.52. The van der Waals surface area contributed by atoms with Gasteiger partial charge in [-0.15, -0.1) is 11.3 Å². The number of nitrogens with two attached hydrogens (primary N) is 1. The minimum Gasteiger partial charge on any atom is -0.321 e. The Labute approximate surface area is 113 Å². The molecular formula is C15H20N2S. The Morgan fingerprint density at radius 2 is 1.89 bits per heavy atom. The molecule has 3 heteroatoms. The minimum absolute atomic E-state index is 0.310. The molecule has 0 saturated carbocycles. The van der Waals surface area contributed by atoms with Gasteiger partial charge in [0.15, 0.2) is 0 Å². The molecule has 0 radical (unpaired) electrons. The first kappa shape index (κ1) is 13.2. The molecular weight excluding hydrogens is 240 g/mol. The minimum atomic E-state index is -0.310. The number of hydrogen-bond donors (Lipinski definition) is 1. The van der Waals surface area contributed by atoms with Crippen molar-refractivity contribution in [3.8, 4) is 10.6 Å². The Balaban J connectivity index is 2.46. The summed E-state index contributed by atoms with van der Waals surface area (Å²) in [5, 5.41) is 1.08. The number of thiazole rings is 1. The Morgan fingerprint density at radius 3 is 2.44 bits per heavy atom. The second-order valence-electron chi connectivity index (χ2n) is 5.13. The molecule has 0 aliphatic heterocycles. The predicted molar refractivity (Wildman–Crippen MR) is 78.8 cm³/mol. The van der Waals surface area contributed by atoms with Gasteiger partial charge in [0.25, 0.3) is 0 Å². The number of nitrogens with zero attached hydrogens (tertiary/aromatic N) is 1. The number of aromatic nitrogens is 1. The molecule has 0 fully saturated rings. The van der Waals surface area contributed by atoms with Gasteiger partial charge in [-0.2, -0.15) is 0 Å². The van der Waals surface area contributed by atoms with Crippen LogP contribution in [0.5, 0.6) is 0 Å². The van der Waals surface area contributed by atoms with Crippen LogP contribution in [0.1, 0.15) is 37.8 Å². The maximum atomic E-state index is 6.25. The van der Waals surface area contributed by atoms with E-state index in [0.29, 0.717) is 0 Å². The number of benzene rings is 1. The zero-order chi connectivity index (χ0) is 13.2. The van der Waals surface area contributed by atoms with E-state index in [2.05, 4.69) is 32.9 Å². The summed E-state index contributed by atoms with van der Waals surface area (Å²) in [5.74, 6) is 0. The van der Waals surface area contributed by atoms with Crippen molar-refractivity contribution in [2.45, 2.75) is 39.2 Å². The molecule has 0 saturated heterocycles. The molecule has 1 aromatic heterocycles. The van der Waals surface area contributed by atoms with E-state index in [0.717, 1.165) is 23.5 Å². The lowest BCUT2D eigenvalue weighted by Crippen LogP contribution is -2.28. The average Bonchev–Trinajstić information content (AvgIpc) is 2.75. The van der Waals surface area contributed by atoms with E-state index in [1.165, 1.54) is 10.4 Å². The average molecular weight is 260 g/mol. The van der Waals surface area contributed by atoms with Gasteiger partial charge in [0.2, 0.25) is 0 Å². The summed E-state index contributed by atoms with van der Waals surface area (Å²) in [6.07, 6.45) is 2.10. The second-order valence-corrected chi connectivity index (χ2v) is 6.13. The smallest absolute Gasteiger partial charge is 0.123 e. The molecule has 2 N–H and O–H groups in total. The zero-order valence-corrected chi connectivity index (χ0v) is 12.1. The fraction of sp³-hybridized carbons (Fsp3) is 0.400. The van der Waals surface area contributed by atoms with Gasteiger partial charge in [-0.1, -0.05) is 43.7 Å². The molecule has 0 atom stereocenters. The lowest BCUT2D eigenvalue weighted by molar-refractivity contribution is 0.557. The molecule has 1 aromatic carbocycles. The van der Waals surface area contributed by atoms with E-state index in [1.807, 2.05) is 18.2 Å². The highest BCUT2D eigenvalue weighted by molar-refractivity contribution is 7.15. The molecule has 96 valence electrons. The fourth-order valence-electron chi connectivity index (χ4n) is 1.97. The topological polar surface area (TPSA) is 38.9 Å². The van der Waals surface area contributed by atoms with E-state index in [9.17, 15) is 0 Å². The lowest BCUT2D eigenvalue weighted by atomic mass is 10.0. The highest BCUT2D eigenvalue weighted by atomic mass is 32.1. The Hall–Kier alpha value is -1.19. The highest BCUT2D eigenvalue weighted by Crippen LogP contribution is 2.34. The van der Waals surface area contributed by atoms with E-state index in [-0.39, 0.29) is 5.54 Å². The second kappa shape index (κ2) is 5.21. The van der Waals surface area contributed by atoms with Crippen molar-refractivity contribution in [1.82, 2.24) is 4.98 Å². The summed E-state index contributed by atoms with van der Waals surface area (Å²) in [4.78, 5) is 5.99. The van der Waals surface area contributed by atoms with Crippen molar-refractivity contribution >= 4 is 11.3 Å². The molecule has 0 unspecified atom stereocenters. The van der Waals surface area contributed by atoms with Crippen molar-refractivity contribution in [2.24, 2.45) is 5.73 Å². The van der Waals surface area contributed by atoms with Crippen LogP contribution >= 0.6 is 11.3 Å². The fourth-order valence-corrected chi connectivity index (χ4v) is 3.10. The normalized spacial score (nSPS) is 11.8. The first-order valence-corrected chi connectivity index (χ1v) is 7.18. The molecule has 2 nitrogen and oxygen atoms in total. The zero-order valence-electron chi connectivity index (χ0n) is 11.2. The SMILES string of the molecule is CCCc1nc(-c2ccccc2)sc1C(C)(C)N. The molecule has 0 aliphatic rings. The number of hydrogen-bond acceptors (Lipinski definition) is 3. The quantitative estimate of drug-likeness (QED) is 0.903. The Bertz CT molecular complexity index is 509. The van der Waals surface area contributed by atoms with Gasteiger partial charge >= 0.3 is 0 Å². The maximum absolute atomic E-state index is 6.25. The first-order valence-electron chi connectivity index (χ1n) is 6.37. The summed E-state index contributed by atoms with van der Waals surface area (Å²) in [5.41, 5.74) is 8.28. The van der Waals surface area contributed by atoms with Crippen molar-refractivity contribution in [3.05, 3.63) is 40.9 Å². The largest absolute Gasteiger partial charge is 0.321 e. The lowest BCUT2D eigenvalue weighted by Gasteiger charge is -2.17. The summed E-state index contributed by atoms with van der Waals surface area (Å²) >= 11 is 1.72. The third kappa shape index (κ3) is 2.79. The van der Waals surface area contributed by atoms with E-state index in [4.69, 9.17) is 10.7 Å². The van der Waals surface area contributed by atoms with Crippen LogP contribution < -0.4 is 5.73 Å². The van der Waals surface area contributed by atoms with E-state index >= 15 is 0 Å². The van der Waals surface area contributed by atoms with Crippen LogP contribution in [0.15, 0.2) is 30.3 Å². The Morgan fingerprint density at radius 1 is 1.22 bits per heavy atom. The summed E-state index contributed by atoms with van der Waals surface area (Å²) < 4.78 is 0. The van der Waals surface area contributed by atoms with Crippen molar-refractivity contribution in [2.75, 3.05) is 0 Å². The van der Waals surface area contributed by atoms with Crippen LogP contribution in [0, 0.1) is 0 Å². The van der Waals surface area contributed by atoms with Gasteiger partial charge in [-0.3, -0.25) is 0 Å². The van der Waals surface area contributed by atoms with Crippen molar-refractivity contribution < 1.29 is 0 Å². The van der Waals surface area contributed by atoms with E-state index in [1.54, 1.807) is 11.3 Å². The van der Waals surface area contributed by atoms with Gasteiger partial charge in [-0.05, 0) is 20.3 Å². The molecule has 0 amide bonds. The standard InChI is InChI=1S/C15H20N2S/c1-4-8-12-13(15(2,3)16)18-14(17-12)11-9-6-5-7-10-11/h5-7,9-10H,4,8,16H2,1-3H3. The van der Waals surface area contributed by atoms with Crippen molar-refractivity contribution in [3.63, 3.8) is 0 Å². The molecule has 2 rings (SSSR count). The summed E-state index contributed by atoms with van der Waals surface area (Å²) in [7, 11) is 0. The molecule has 18 heavy (non-hydrogen) atoms. The molecule has 1 heterocycles. The predicted octanol–water partition coefficient (Wildman–Crippen LogP) is 3.96. The summed E-state index contributed by atoms with van der Waals surface area (Å²) in [6.45, 7) is 6.28. The summed E-state index contributed by atoms with van der Waals surface area (Å²) in [6, 6.07) is 10.3. The van der Waals surface area contributed by atoms with Crippen LogP contribution in [0.2, 0.25) is 0 Å². The monoisotopic (exact) mass is 260 g/mol. The molecule has 0 aliphatic carbocycles. The van der Waals surface area contributed by atoms with Crippen LogP contribution in [0.25, 0.3) is 10.6 Å². The van der Waals surface area contributed by atoms with Crippen LogP contribution in [-0.4, -0.2) is 4.98 Å². The molecule has 0 bridgehead atoms. The molecule has 2 aromatic rings. The van der Waals surface area contributed by atoms with Crippen molar-refractivity contribution in [1.29, 1.82) is 0 Å². The van der Waals surface area contributed by atoms with Gasteiger partial charge in [0.1, 0.15) is 5.01 Å². The van der Waals surface area contributed by atoms with E-state index < -0.39 is 0 Å². The van der Waals surface area contributed by atoms with Crippen LogP contribution in [0.3, 0.4) is 0 Å². The van der Waals surface area contributed by atoms with Gasteiger partial charge in [0, 0.05) is 16.0 Å². The molecule has 0 spiro atoms.